The summed E-state index contributed by atoms with van der Waals surface area (Å²) in [6, 6.07) is 4.05. The minimum atomic E-state index is 0.302. The summed E-state index contributed by atoms with van der Waals surface area (Å²) >= 11 is 0. The molecule has 2 aromatic rings. The molecule has 1 aliphatic heterocycles. The van der Waals surface area contributed by atoms with Crippen molar-refractivity contribution in [3.05, 3.63) is 24.0 Å². The van der Waals surface area contributed by atoms with Crippen molar-refractivity contribution in [2.45, 2.75) is 57.4 Å². The van der Waals surface area contributed by atoms with E-state index in [-0.39, 0.29) is 0 Å². The molecule has 1 atom stereocenters. The van der Waals surface area contributed by atoms with Crippen LogP contribution < -0.4 is 5.73 Å². The first-order valence-electron chi connectivity index (χ1n) is 10.1. The summed E-state index contributed by atoms with van der Waals surface area (Å²) in [5, 5.41) is 5.91. The van der Waals surface area contributed by atoms with Crippen molar-refractivity contribution in [2.24, 2.45) is 11.7 Å². The molecular formula is C20H29N5O. The van der Waals surface area contributed by atoms with Crippen molar-refractivity contribution in [3.8, 4) is 0 Å². The molecule has 1 saturated heterocycles. The predicted octanol–water partition coefficient (Wildman–Crippen LogP) is 2.68. The van der Waals surface area contributed by atoms with Crippen molar-refractivity contribution in [2.75, 3.05) is 19.6 Å². The Morgan fingerprint density at radius 2 is 2.08 bits per heavy atom. The molecule has 0 radical (unpaired) electrons. The Kier molecular flexibility index (Phi) is 5.20. The van der Waals surface area contributed by atoms with Crippen LogP contribution >= 0.6 is 0 Å². The highest BCUT2D eigenvalue weighted by Gasteiger charge is 2.31. The summed E-state index contributed by atoms with van der Waals surface area (Å²) in [5.41, 5.74) is 7.70. The van der Waals surface area contributed by atoms with Crippen LogP contribution in [0.4, 0.5) is 0 Å². The molecule has 1 saturated carbocycles. The van der Waals surface area contributed by atoms with Crippen molar-refractivity contribution in [1.82, 2.24) is 19.7 Å². The Bertz CT molecular complexity index is 765. The first-order valence-corrected chi connectivity index (χ1v) is 10.1. The second-order valence-corrected chi connectivity index (χ2v) is 7.81. The smallest absolute Gasteiger partial charge is 0.222 e. The van der Waals surface area contributed by atoms with Crippen LogP contribution in [0.15, 0.2) is 18.3 Å². The van der Waals surface area contributed by atoms with Gasteiger partial charge in [0.2, 0.25) is 5.91 Å². The molecule has 1 aliphatic carbocycles. The molecule has 1 amide bonds. The van der Waals surface area contributed by atoms with Gasteiger partial charge in [-0.25, -0.2) is 9.67 Å². The number of nitrogens with two attached hydrogens (primary N) is 1. The number of carbonyl (C=O) groups is 1. The van der Waals surface area contributed by atoms with Crippen LogP contribution in [-0.2, 0) is 11.3 Å². The van der Waals surface area contributed by atoms with Gasteiger partial charge in [0, 0.05) is 43.6 Å². The van der Waals surface area contributed by atoms with E-state index in [1.165, 1.54) is 32.1 Å². The Morgan fingerprint density at radius 3 is 2.88 bits per heavy atom. The van der Waals surface area contributed by atoms with Crippen molar-refractivity contribution >= 4 is 16.9 Å². The zero-order chi connectivity index (χ0) is 17.9. The molecule has 1 unspecified atom stereocenters. The minimum Gasteiger partial charge on any atom is -0.342 e. The van der Waals surface area contributed by atoms with Crippen LogP contribution in [0, 0.1) is 5.92 Å². The van der Waals surface area contributed by atoms with Crippen LogP contribution in [-0.4, -0.2) is 45.2 Å². The van der Waals surface area contributed by atoms with Gasteiger partial charge in [0.05, 0.1) is 12.2 Å². The average molecular weight is 355 g/mol. The lowest BCUT2D eigenvalue weighted by Gasteiger charge is -2.24. The number of likely N-dealkylation sites (tertiary alicyclic amines) is 1. The van der Waals surface area contributed by atoms with Gasteiger partial charge in [-0.1, -0.05) is 19.3 Å². The SMILES string of the molecule is NCCn1nc(C2CCN(C(=O)CC3CCCCC3)C2)c2cccnc21. The fraction of sp³-hybridized carbons (Fsp3) is 0.650. The van der Waals surface area contributed by atoms with Gasteiger partial charge in [-0.15, -0.1) is 0 Å². The lowest BCUT2D eigenvalue weighted by molar-refractivity contribution is -0.131. The number of rotatable bonds is 5. The Hall–Kier alpha value is -1.95. The third-order valence-corrected chi connectivity index (χ3v) is 5.99. The van der Waals surface area contributed by atoms with Crippen molar-refractivity contribution < 1.29 is 4.79 Å². The highest BCUT2D eigenvalue weighted by Crippen LogP contribution is 2.33. The second-order valence-electron chi connectivity index (χ2n) is 7.81. The van der Waals surface area contributed by atoms with Crippen LogP contribution in [0.1, 0.15) is 56.6 Å². The Morgan fingerprint density at radius 1 is 1.23 bits per heavy atom. The van der Waals surface area contributed by atoms with E-state index in [1.54, 1.807) is 6.20 Å². The van der Waals surface area contributed by atoms with Crippen LogP contribution in [0.5, 0.6) is 0 Å². The lowest BCUT2D eigenvalue weighted by Crippen LogP contribution is -2.30. The molecule has 26 heavy (non-hydrogen) atoms. The fourth-order valence-electron chi connectivity index (χ4n) is 4.59. The summed E-state index contributed by atoms with van der Waals surface area (Å²) in [4.78, 5) is 19.3. The maximum Gasteiger partial charge on any atom is 0.222 e. The third-order valence-electron chi connectivity index (χ3n) is 5.99. The third kappa shape index (κ3) is 3.47. The van der Waals surface area contributed by atoms with E-state index in [1.807, 2.05) is 10.7 Å². The summed E-state index contributed by atoms with van der Waals surface area (Å²) in [7, 11) is 0. The molecule has 2 aliphatic rings. The number of amides is 1. The standard InChI is InChI=1S/C20H29N5O/c21-9-12-25-20-17(7-4-10-22-20)19(23-25)16-8-11-24(14-16)18(26)13-15-5-2-1-3-6-15/h4,7,10,15-16H,1-3,5-6,8-9,11-14,21H2. The number of aromatic nitrogens is 3. The average Bonchev–Trinajstić information content (AvgIpc) is 3.28. The number of fused-ring (bicyclic) bond motifs is 1. The molecule has 140 valence electrons. The Labute approximate surface area is 154 Å². The minimum absolute atomic E-state index is 0.302. The van der Waals surface area contributed by atoms with E-state index >= 15 is 0 Å². The number of carbonyl (C=O) groups excluding carboxylic acids is 1. The summed E-state index contributed by atoms with van der Waals surface area (Å²) in [5.74, 6) is 1.24. The van der Waals surface area contributed by atoms with Gasteiger partial charge in [-0.05, 0) is 37.3 Å². The van der Waals surface area contributed by atoms with Crippen molar-refractivity contribution in [3.63, 3.8) is 0 Å². The monoisotopic (exact) mass is 355 g/mol. The van der Waals surface area contributed by atoms with Gasteiger partial charge < -0.3 is 10.6 Å². The number of hydrogen-bond acceptors (Lipinski definition) is 4. The van der Waals surface area contributed by atoms with Gasteiger partial charge in [0.15, 0.2) is 5.65 Å². The number of nitrogens with zero attached hydrogens (tertiary/aromatic N) is 4. The van der Waals surface area contributed by atoms with Crippen LogP contribution in [0.3, 0.4) is 0 Å². The maximum absolute atomic E-state index is 12.7. The first kappa shape index (κ1) is 17.5. The normalized spacial score (nSPS) is 21.6. The van der Waals surface area contributed by atoms with Gasteiger partial charge in [-0.2, -0.15) is 5.10 Å². The molecule has 2 fully saturated rings. The lowest BCUT2D eigenvalue weighted by atomic mass is 9.87. The van der Waals surface area contributed by atoms with E-state index < -0.39 is 0 Å². The zero-order valence-corrected chi connectivity index (χ0v) is 15.4. The molecule has 3 heterocycles. The fourth-order valence-corrected chi connectivity index (χ4v) is 4.59. The topological polar surface area (TPSA) is 77.0 Å². The molecule has 6 nitrogen and oxygen atoms in total. The van der Waals surface area contributed by atoms with Crippen molar-refractivity contribution in [1.29, 1.82) is 0 Å². The van der Waals surface area contributed by atoms with Gasteiger partial charge in [0.25, 0.3) is 0 Å². The van der Waals surface area contributed by atoms with Gasteiger partial charge in [-0.3, -0.25) is 4.79 Å². The molecule has 2 aromatic heterocycles. The Balaban J connectivity index is 1.46. The largest absolute Gasteiger partial charge is 0.342 e. The summed E-state index contributed by atoms with van der Waals surface area (Å²) < 4.78 is 1.91. The maximum atomic E-state index is 12.7. The second kappa shape index (κ2) is 7.74. The number of pyridine rings is 1. The highest BCUT2D eigenvalue weighted by atomic mass is 16.2. The van der Waals surface area contributed by atoms with Gasteiger partial charge >= 0.3 is 0 Å². The van der Waals surface area contributed by atoms with Gasteiger partial charge in [0.1, 0.15) is 0 Å². The van der Waals surface area contributed by atoms with E-state index in [0.29, 0.717) is 30.8 Å². The molecule has 0 spiro atoms. The molecule has 2 N–H and O–H groups in total. The summed E-state index contributed by atoms with van der Waals surface area (Å²) in [6.07, 6.45) is 9.89. The zero-order valence-electron chi connectivity index (χ0n) is 15.4. The molecule has 0 aromatic carbocycles. The molecule has 0 bridgehead atoms. The van der Waals surface area contributed by atoms with E-state index in [9.17, 15) is 4.79 Å². The van der Waals surface area contributed by atoms with E-state index in [0.717, 1.165) is 42.7 Å². The van der Waals surface area contributed by atoms with Crippen LogP contribution in [0.2, 0.25) is 0 Å². The van der Waals surface area contributed by atoms with E-state index in [4.69, 9.17) is 10.8 Å². The van der Waals surface area contributed by atoms with E-state index in [2.05, 4.69) is 16.0 Å². The molecule has 6 heteroatoms. The highest BCUT2D eigenvalue weighted by molar-refractivity contribution is 5.80. The quantitative estimate of drug-likeness (QED) is 0.894. The molecule has 4 rings (SSSR count). The summed E-state index contributed by atoms with van der Waals surface area (Å²) in [6.45, 7) is 2.85. The predicted molar refractivity (Wildman–Crippen MR) is 102 cm³/mol. The number of hydrogen-bond donors (Lipinski definition) is 1. The first-order chi connectivity index (χ1) is 12.8. The molecular weight excluding hydrogens is 326 g/mol. The van der Waals surface area contributed by atoms with Crippen LogP contribution in [0.25, 0.3) is 11.0 Å².